The van der Waals surface area contributed by atoms with Gasteiger partial charge in [-0.2, -0.15) is 4.98 Å². The summed E-state index contributed by atoms with van der Waals surface area (Å²) < 4.78 is 1.90. The Morgan fingerprint density at radius 1 is 1.17 bits per heavy atom. The molecule has 5 heterocycles. The average molecular weight is 402 g/mol. The van der Waals surface area contributed by atoms with Gasteiger partial charge in [-0.3, -0.25) is 9.20 Å². The molecule has 152 valence electrons. The van der Waals surface area contributed by atoms with Crippen LogP contribution >= 0.6 is 0 Å². The van der Waals surface area contributed by atoms with Crippen molar-refractivity contribution in [2.75, 3.05) is 18.4 Å². The second-order valence-corrected chi connectivity index (χ2v) is 8.39. The van der Waals surface area contributed by atoms with E-state index in [9.17, 15) is 4.79 Å². The van der Waals surface area contributed by atoms with Gasteiger partial charge in [0.2, 0.25) is 17.6 Å². The third kappa shape index (κ3) is 2.80. The van der Waals surface area contributed by atoms with Gasteiger partial charge in [-0.15, -0.1) is 0 Å². The monoisotopic (exact) mass is 402 g/mol. The molecule has 9 nitrogen and oxygen atoms in total. The zero-order valence-corrected chi connectivity index (χ0v) is 16.6. The van der Waals surface area contributed by atoms with Crippen LogP contribution < -0.4 is 5.32 Å². The van der Waals surface area contributed by atoms with E-state index in [0.717, 1.165) is 48.1 Å². The summed E-state index contributed by atoms with van der Waals surface area (Å²) in [7, 11) is 0. The molecule has 9 heteroatoms. The molecule has 2 fully saturated rings. The Labute approximate surface area is 172 Å². The van der Waals surface area contributed by atoms with E-state index < -0.39 is 0 Å². The summed E-state index contributed by atoms with van der Waals surface area (Å²) in [6.07, 6.45) is 13.4. The molecule has 0 radical (unpaired) electrons. The normalized spacial score (nSPS) is 23.4. The summed E-state index contributed by atoms with van der Waals surface area (Å²) in [6.45, 7) is 3.43. The van der Waals surface area contributed by atoms with Gasteiger partial charge in [-0.05, 0) is 24.7 Å². The number of rotatable bonds is 3. The van der Waals surface area contributed by atoms with Gasteiger partial charge in [0, 0.05) is 79.7 Å². The highest BCUT2D eigenvalue weighted by Crippen LogP contribution is 2.39. The van der Waals surface area contributed by atoms with Crippen molar-refractivity contribution in [2.45, 2.75) is 25.8 Å². The Morgan fingerprint density at radius 2 is 2.00 bits per heavy atom. The van der Waals surface area contributed by atoms with Crippen molar-refractivity contribution >= 4 is 28.7 Å². The Balaban J connectivity index is 1.21. The zero-order valence-electron chi connectivity index (χ0n) is 16.6. The Morgan fingerprint density at radius 3 is 2.80 bits per heavy atom. The predicted molar refractivity (Wildman–Crippen MR) is 112 cm³/mol. The van der Waals surface area contributed by atoms with Crippen molar-refractivity contribution in [1.29, 1.82) is 0 Å². The van der Waals surface area contributed by atoms with Crippen molar-refractivity contribution in [1.82, 2.24) is 34.2 Å². The van der Waals surface area contributed by atoms with Crippen molar-refractivity contribution in [3.63, 3.8) is 0 Å². The second-order valence-electron chi connectivity index (χ2n) is 8.39. The first-order valence-electron chi connectivity index (χ1n) is 10.3. The molecule has 30 heavy (non-hydrogen) atoms. The topological polar surface area (TPSA) is 104 Å². The number of imidazole rings is 1. The molecule has 4 aromatic rings. The lowest BCUT2D eigenvalue weighted by Gasteiger charge is -2.18. The summed E-state index contributed by atoms with van der Waals surface area (Å²) >= 11 is 0. The number of nitrogens with zero attached hydrogens (tertiary/aromatic N) is 6. The summed E-state index contributed by atoms with van der Waals surface area (Å²) in [4.78, 5) is 34.7. The summed E-state index contributed by atoms with van der Waals surface area (Å²) in [5.41, 5.74) is 2.79. The Kier molecular flexibility index (Phi) is 3.77. The first kappa shape index (κ1) is 17.4. The molecule has 0 aromatic carbocycles. The number of likely N-dealkylation sites (tertiary alicyclic amines) is 1. The number of hydrogen-bond acceptors (Lipinski definition) is 6. The summed E-state index contributed by atoms with van der Waals surface area (Å²) in [5.74, 6) is 2.67. The van der Waals surface area contributed by atoms with Crippen molar-refractivity contribution in [3.8, 4) is 11.1 Å². The number of carbonyl (C=O) groups excluding carboxylic acids is 1. The van der Waals surface area contributed by atoms with Gasteiger partial charge in [0.25, 0.3) is 0 Å². The van der Waals surface area contributed by atoms with E-state index in [1.165, 1.54) is 0 Å². The number of aromatic amines is 1. The number of anilines is 1. The lowest BCUT2D eigenvalue weighted by molar-refractivity contribution is -0.128. The van der Waals surface area contributed by atoms with Gasteiger partial charge in [0.15, 0.2) is 0 Å². The largest absolute Gasteiger partial charge is 0.351 e. The average Bonchev–Trinajstić information content (AvgIpc) is 3.49. The van der Waals surface area contributed by atoms with Crippen molar-refractivity contribution in [3.05, 3.63) is 37.2 Å². The molecular formula is C21H22N8O. The van der Waals surface area contributed by atoms with Crippen LogP contribution in [0.5, 0.6) is 0 Å². The van der Waals surface area contributed by atoms with Crippen molar-refractivity contribution in [2.24, 2.45) is 11.8 Å². The van der Waals surface area contributed by atoms with E-state index in [0.29, 0.717) is 29.6 Å². The molecule has 4 aromatic heterocycles. The van der Waals surface area contributed by atoms with Crippen LogP contribution in [-0.2, 0) is 4.79 Å². The highest BCUT2D eigenvalue weighted by atomic mass is 16.2. The number of aromatic nitrogens is 6. The van der Waals surface area contributed by atoms with E-state index in [4.69, 9.17) is 4.98 Å². The van der Waals surface area contributed by atoms with Crippen molar-refractivity contribution < 1.29 is 4.79 Å². The Hall–Kier alpha value is -3.49. The molecule has 0 spiro atoms. The molecule has 2 N–H and O–H groups in total. The molecule has 0 bridgehead atoms. The van der Waals surface area contributed by atoms with Gasteiger partial charge < -0.3 is 15.2 Å². The standard InChI is InChI=1S/C21H22N8O/c1-12(30)29-9-13-4-16(5-14(13)10-29)26-20-24-8-18-17(7-23-19(18)27-20)15-6-25-21-22-2-3-28(21)11-15/h2-3,6-8,11,13-14,16H,4-5,9-10H2,1H3,(H2,23,24,26,27)/t13-,14+,16-. The fourth-order valence-electron chi connectivity index (χ4n) is 5.03. The van der Waals surface area contributed by atoms with Crippen LogP contribution in [0.25, 0.3) is 27.9 Å². The van der Waals surface area contributed by atoms with Crippen LogP contribution in [-0.4, -0.2) is 59.3 Å². The third-order valence-corrected chi connectivity index (χ3v) is 6.52. The molecule has 3 atom stereocenters. The maximum atomic E-state index is 11.6. The number of H-pyrrole nitrogens is 1. The third-order valence-electron chi connectivity index (χ3n) is 6.52. The molecule has 1 saturated heterocycles. The zero-order chi connectivity index (χ0) is 20.2. The minimum atomic E-state index is 0.188. The van der Waals surface area contributed by atoms with Crippen LogP contribution in [0, 0.1) is 11.8 Å². The number of amides is 1. The van der Waals surface area contributed by atoms with E-state index in [1.54, 1.807) is 13.1 Å². The molecular weight excluding hydrogens is 380 g/mol. The highest BCUT2D eigenvalue weighted by Gasteiger charge is 2.41. The van der Waals surface area contributed by atoms with Crippen LogP contribution in [0.3, 0.4) is 0 Å². The number of carbonyl (C=O) groups is 1. The fourth-order valence-corrected chi connectivity index (χ4v) is 5.03. The molecule has 1 aliphatic carbocycles. The predicted octanol–water partition coefficient (Wildman–Crippen LogP) is 2.34. The summed E-state index contributed by atoms with van der Waals surface area (Å²) in [5, 5.41) is 4.47. The van der Waals surface area contributed by atoms with E-state index in [2.05, 4.69) is 25.3 Å². The van der Waals surface area contributed by atoms with E-state index in [-0.39, 0.29) is 5.91 Å². The number of nitrogens with one attached hydrogen (secondary N) is 2. The van der Waals surface area contributed by atoms with Crippen LogP contribution in [0.4, 0.5) is 5.95 Å². The highest BCUT2D eigenvalue weighted by molar-refractivity contribution is 5.93. The molecule has 0 unspecified atom stereocenters. The lowest BCUT2D eigenvalue weighted by Crippen LogP contribution is -2.29. The van der Waals surface area contributed by atoms with Gasteiger partial charge in [0.05, 0.1) is 0 Å². The molecule has 1 aliphatic heterocycles. The SMILES string of the molecule is CC(=O)N1C[C@H]2C[C@@H](Nc3ncc4c(-c5cnc6nccn6c5)c[nH]c4n3)C[C@H]2C1. The minimum absolute atomic E-state index is 0.188. The second kappa shape index (κ2) is 6.51. The minimum Gasteiger partial charge on any atom is -0.351 e. The van der Waals surface area contributed by atoms with E-state index in [1.807, 2.05) is 40.3 Å². The number of hydrogen-bond donors (Lipinski definition) is 2. The molecule has 2 aliphatic rings. The van der Waals surface area contributed by atoms with Crippen LogP contribution in [0.15, 0.2) is 37.2 Å². The van der Waals surface area contributed by atoms with Gasteiger partial charge in [-0.1, -0.05) is 0 Å². The van der Waals surface area contributed by atoms with Gasteiger partial charge in [0.1, 0.15) is 5.65 Å². The van der Waals surface area contributed by atoms with E-state index >= 15 is 0 Å². The molecule has 1 amide bonds. The summed E-state index contributed by atoms with van der Waals surface area (Å²) in [6, 6.07) is 0.355. The van der Waals surface area contributed by atoms with Gasteiger partial charge in [-0.25, -0.2) is 15.0 Å². The molecule has 1 saturated carbocycles. The first-order chi connectivity index (χ1) is 14.6. The fraction of sp³-hybridized carbons (Fsp3) is 0.381. The maximum absolute atomic E-state index is 11.6. The first-order valence-corrected chi connectivity index (χ1v) is 10.3. The molecule has 6 rings (SSSR count). The maximum Gasteiger partial charge on any atom is 0.233 e. The van der Waals surface area contributed by atoms with Crippen LogP contribution in [0.2, 0.25) is 0 Å². The van der Waals surface area contributed by atoms with Crippen LogP contribution in [0.1, 0.15) is 19.8 Å². The lowest BCUT2D eigenvalue weighted by atomic mass is 10.0. The van der Waals surface area contributed by atoms with Gasteiger partial charge >= 0.3 is 0 Å². The Bertz CT molecular complexity index is 1250. The smallest absolute Gasteiger partial charge is 0.233 e. The number of fused-ring (bicyclic) bond motifs is 3. The quantitative estimate of drug-likeness (QED) is 0.545.